The number of carbonyl (C=O) groups is 1. The molecule has 0 aromatic carbocycles. The van der Waals surface area contributed by atoms with E-state index in [0.717, 1.165) is 12.0 Å². The Labute approximate surface area is 199 Å². The van der Waals surface area contributed by atoms with Crippen molar-refractivity contribution in [2.75, 3.05) is 6.61 Å². The number of hydrogen-bond acceptors (Lipinski definition) is 4. The summed E-state index contributed by atoms with van der Waals surface area (Å²) < 4.78 is 19.4. The van der Waals surface area contributed by atoms with Crippen LogP contribution in [0, 0.1) is 5.92 Å². The Morgan fingerprint density at radius 1 is 1.06 bits per heavy atom. The van der Waals surface area contributed by atoms with Crippen molar-refractivity contribution in [3.8, 4) is 0 Å². The highest BCUT2D eigenvalue weighted by Gasteiger charge is 2.47. The van der Waals surface area contributed by atoms with Crippen molar-refractivity contribution in [1.82, 2.24) is 0 Å². The maximum atomic E-state index is 12.4. The van der Waals surface area contributed by atoms with Crippen molar-refractivity contribution in [2.45, 2.75) is 123 Å². The minimum absolute atomic E-state index is 0.0691. The summed E-state index contributed by atoms with van der Waals surface area (Å²) in [6.07, 6.45) is 4.52. The fourth-order valence-electron chi connectivity index (χ4n) is 5.47. The summed E-state index contributed by atoms with van der Waals surface area (Å²) in [4.78, 5) is 12.4. The van der Waals surface area contributed by atoms with E-state index >= 15 is 0 Å². The number of carbonyl (C=O) groups excluding carboxylic acids is 1. The van der Waals surface area contributed by atoms with E-state index in [-0.39, 0.29) is 29.1 Å². The molecule has 2 aliphatic rings. The van der Waals surface area contributed by atoms with Gasteiger partial charge >= 0.3 is 5.97 Å². The zero-order valence-corrected chi connectivity index (χ0v) is 24.7. The van der Waals surface area contributed by atoms with Crippen molar-refractivity contribution in [2.24, 2.45) is 5.92 Å². The van der Waals surface area contributed by atoms with E-state index in [9.17, 15) is 4.79 Å². The van der Waals surface area contributed by atoms with E-state index in [1.165, 1.54) is 5.57 Å². The topological polar surface area (TPSA) is 44.8 Å². The van der Waals surface area contributed by atoms with Gasteiger partial charge in [-0.25, -0.2) is 4.79 Å². The largest absolute Gasteiger partial charge is 0.454 e. The van der Waals surface area contributed by atoms with Gasteiger partial charge in [0, 0.05) is 12.0 Å². The maximum Gasteiger partial charge on any atom is 0.331 e. The van der Waals surface area contributed by atoms with E-state index in [1.54, 1.807) is 6.08 Å². The molecule has 0 radical (unpaired) electrons. The average Bonchev–Trinajstić information content (AvgIpc) is 2.61. The molecule has 0 aromatic heterocycles. The Bertz CT molecular complexity index is 722. The molecule has 0 fully saturated rings. The minimum atomic E-state index is -2.02. The molecule has 1 aliphatic carbocycles. The van der Waals surface area contributed by atoms with Gasteiger partial charge in [-0.2, -0.15) is 0 Å². The van der Waals surface area contributed by atoms with Gasteiger partial charge in [-0.15, -0.1) is 0 Å². The van der Waals surface area contributed by atoms with Gasteiger partial charge < -0.3 is 13.6 Å². The van der Waals surface area contributed by atoms with E-state index in [0.29, 0.717) is 23.2 Å². The van der Waals surface area contributed by atoms with Crippen LogP contribution in [0.25, 0.3) is 0 Å². The smallest absolute Gasteiger partial charge is 0.331 e. The highest BCUT2D eigenvalue weighted by atomic mass is 28.4. The molecule has 2 rings (SSSR count). The van der Waals surface area contributed by atoms with Crippen LogP contribution in [0.5, 0.6) is 0 Å². The first-order chi connectivity index (χ1) is 14.5. The van der Waals surface area contributed by atoms with Crippen LogP contribution in [0.1, 0.15) is 75.7 Å². The van der Waals surface area contributed by atoms with Gasteiger partial charge in [-0.3, -0.25) is 0 Å². The Kier molecular flexibility index (Phi) is 8.51. The summed E-state index contributed by atoms with van der Waals surface area (Å²) in [6.45, 7) is 27.9. The van der Waals surface area contributed by atoms with Crippen molar-refractivity contribution < 1.29 is 18.4 Å². The Morgan fingerprint density at radius 2 is 1.59 bits per heavy atom. The number of hydrogen-bond donors (Lipinski definition) is 0. The van der Waals surface area contributed by atoms with Crippen LogP contribution < -0.4 is 0 Å². The summed E-state index contributed by atoms with van der Waals surface area (Å²) in [6, 6.07) is 0. The quantitative estimate of drug-likeness (QED) is 0.206. The van der Waals surface area contributed by atoms with Crippen LogP contribution in [0.4, 0.5) is 0 Å². The molecule has 32 heavy (non-hydrogen) atoms. The third-order valence-electron chi connectivity index (χ3n) is 8.27. The van der Waals surface area contributed by atoms with Crippen molar-refractivity contribution >= 4 is 22.6 Å². The molecule has 3 atom stereocenters. The van der Waals surface area contributed by atoms with Gasteiger partial charge in [-0.05, 0) is 65.3 Å². The van der Waals surface area contributed by atoms with E-state index in [1.807, 2.05) is 0 Å². The second-order valence-corrected chi connectivity index (χ2v) is 22.6. The van der Waals surface area contributed by atoms with E-state index < -0.39 is 16.6 Å². The Hall–Kier alpha value is -0.696. The van der Waals surface area contributed by atoms with Crippen LogP contribution in [0.15, 0.2) is 23.3 Å². The molecule has 0 spiro atoms. The highest BCUT2D eigenvalue weighted by molar-refractivity contribution is 6.77. The molecule has 0 aromatic rings. The standard InChI is InChI=1S/C26H48O4Si2/c1-17(2)32(18(3)4,19(5)6)28-16-21-14-25(27)29-24-13-20(7)23(15-22(21)24)30-31(11,12)26(8,9)10/h13-14,17-19,22-24H,15-16H2,1-12H3/t22-,23-,24-/m1/s1. The molecular formula is C26H48O4Si2. The zero-order valence-electron chi connectivity index (χ0n) is 22.7. The third kappa shape index (κ3) is 5.50. The SMILES string of the molecule is CC1=C[C@H]2OC(=O)C=C(CO[Si](C(C)C)(C(C)C)C(C)C)[C@H]2C[C@H]1O[Si](C)(C)C(C)(C)C. The number of ether oxygens (including phenoxy) is 1. The number of esters is 1. The van der Waals surface area contributed by atoms with Crippen LogP contribution >= 0.6 is 0 Å². The minimum Gasteiger partial charge on any atom is -0.454 e. The first-order valence-corrected chi connectivity index (χ1v) is 17.5. The van der Waals surface area contributed by atoms with Crippen LogP contribution in [-0.4, -0.2) is 41.4 Å². The predicted octanol–water partition coefficient (Wildman–Crippen LogP) is 7.39. The Morgan fingerprint density at radius 3 is 2.06 bits per heavy atom. The summed E-state index contributed by atoms with van der Waals surface area (Å²) in [7, 11) is -3.93. The molecular weight excluding hydrogens is 432 g/mol. The van der Waals surface area contributed by atoms with Crippen LogP contribution in [0.3, 0.4) is 0 Å². The first-order valence-electron chi connectivity index (χ1n) is 12.4. The number of rotatable bonds is 8. The van der Waals surface area contributed by atoms with Gasteiger partial charge in [0.15, 0.2) is 8.32 Å². The second-order valence-electron chi connectivity index (χ2n) is 12.3. The molecule has 0 bridgehead atoms. The molecule has 6 heteroatoms. The summed E-state index contributed by atoms with van der Waals surface area (Å²) in [5.41, 5.74) is 3.80. The predicted molar refractivity (Wildman–Crippen MR) is 139 cm³/mol. The first kappa shape index (κ1) is 27.5. The van der Waals surface area contributed by atoms with Crippen molar-refractivity contribution in [1.29, 1.82) is 0 Å². The van der Waals surface area contributed by atoms with Crippen LogP contribution in [0.2, 0.25) is 34.8 Å². The van der Waals surface area contributed by atoms with Gasteiger partial charge in [0.2, 0.25) is 8.32 Å². The molecule has 184 valence electrons. The Balaban J connectivity index is 2.29. The fourth-order valence-corrected chi connectivity index (χ4v) is 12.2. The average molecular weight is 481 g/mol. The lowest BCUT2D eigenvalue weighted by atomic mass is 9.80. The zero-order chi connectivity index (χ0) is 24.6. The molecule has 0 N–H and O–H groups in total. The molecule has 1 heterocycles. The summed E-state index contributed by atoms with van der Waals surface area (Å²) in [5.74, 6) is -0.118. The molecule has 1 aliphatic heterocycles. The van der Waals surface area contributed by atoms with Crippen molar-refractivity contribution in [3.63, 3.8) is 0 Å². The second kappa shape index (κ2) is 9.89. The lowest BCUT2D eigenvalue weighted by Crippen LogP contribution is -2.50. The fraction of sp³-hybridized carbons (Fsp3) is 0.808. The van der Waals surface area contributed by atoms with Gasteiger partial charge in [0.1, 0.15) is 6.10 Å². The number of fused-ring (bicyclic) bond motifs is 1. The van der Waals surface area contributed by atoms with E-state index in [4.69, 9.17) is 13.6 Å². The van der Waals surface area contributed by atoms with Crippen molar-refractivity contribution in [3.05, 3.63) is 23.3 Å². The molecule has 0 amide bonds. The lowest BCUT2D eigenvalue weighted by molar-refractivity contribution is -0.145. The summed E-state index contributed by atoms with van der Waals surface area (Å²) in [5, 5.41) is 0.155. The van der Waals surface area contributed by atoms with Crippen LogP contribution in [-0.2, 0) is 18.4 Å². The molecule has 0 saturated carbocycles. The third-order valence-corrected chi connectivity index (χ3v) is 18.8. The molecule has 4 nitrogen and oxygen atoms in total. The van der Waals surface area contributed by atoms with Gasteiger partial charge in [-0.1, -0.05) is 62.3 Å². The maximum absolute atomic E-state index is 12.4. The molecule has 0 unspecified atom stereocenters. The molecule has 0 saturated heterocycles. The van der Waals surface area contributed by atoms with Gasteiger partial charge in [0.25, 0.3) is 0 Å². The summed E-state index contributed by atoms with van der Waals surface area (Å²) >= 11 is 0. The van der Waals surface area contributed by atoms with E-state index in [2.05, 4.69) is 88.4 Å². The normalized spacial score (nSPS) is 25.1. The monoisotopic (exact) mass is 480 g/mol. The highest BCUT2D eigenvalue weighted by Crippen LogP contribution is 2.45. The van der Waals surface area contributed by atoms with Gasteiger partial charge in [0.05, 0.1) is 12.7 Å². The lowest BCUT2D eigenvalue weighted by Gasteiger charge is -2.45.